The summed E-state index contributed by atoms with van der Waals surface area (Å²) < 4.78 is 11.1. The third kappa shape index (κ3) is 3.10. The summed E-state index contributed by atoms with van der Waals surface area (Å²) in [5.74, 6) is 0.758. The molecule has 1 N–H and O–H groups in total. The Morgan fingerprint density at radius 2 is 2.10 bits per heavy atom. The average molecular weight is 359 g/mol. The van der Waals surface area contributed by atoms with Crippen LogP contribution < -0.4 is 14.8 Å². The predicted molar refractivity (Wildman–Crippen MR) is 78.1 cm³/mol. The lowest BCUT2D eigenvalue weighted by atomic mass is 9.92. The SMILES string of the molecule is COc1cc([C@H]2NC(=O)CC[C@H]2[N+](=O)[O-])cc(Br)c1OC. The molecule has 1 aliphatic heterocycles. The fraction of sp³-hybridized carbons (Fsp3) is 0.462. The summed E-state index contributed by atoms with van der Waals surface area (Å²) in [4.78, 5) is 22.4. The first-order chi connectivity index (χ1) is 9.97. The number of benzene rings is 1. The fourth-order valence-corrected chi connectivity index (χ4v) is 3.06. The summed E-state index contributed by atoms with van der Waals surface area (Å²) in [6, 6.07) is 1.81. The maximum Gasteiger partial charge on any atom is 0.237 e. The van der Waals surface area contributed by atoms with Gasteiger partial charge in [0, 0.05) is 17.8 Å². The zero-order valence-electron chi connectivity index (χ0n) is 11.6. The Kier molecular flexibility index (Phi) is 4.66. The van der Waals surface area contributed by atoms with Crippen LogP contribution in [0.25, 0.3) is 0 Å². The molecule has 0 saturated carbocycles. The van der Waals surface area contributed by atoms with Gasteiger partial charge in [-0.2, -0.15) is 0 Å². The van der Waals surface area contributed by atoms with Crippen LogP contribution in [0.2, 0.25) is 0 Å². The summed E-state index contributed by atoms with van der Waals surface area (Å²) >= 11 is 3.35. The molecule has 1 fully saturated rings. The maximum absolute atomic E-state index is 11.6. The van der Waals surface area contributed by atoms with Crippen LogP contribution in [-0.2, 0) is 4.79 Å². The van der Waals surface area contributed by atoms with E-state index in [1.807, 2.05) is 0 Å². The van der Waals surface area contributed by atoms with Gasteiger partial charge in [0.1, 0.15) is 6.04 Å². The molecule has 0 spiro atoms. The van der Waals surface area contributed by atoms with Crippen molar-refractivity contribution in [3.8, 4) is 11.5 Å². The lowest BCUT2D eigenvalue weighted by Crippen LogP contribution is -2.45. The highest BCUT2D eigenvalue weighted by molar-refractivity contribution is 9.10. The van der Waals surface area contributed by atoms with Gasteiger partial charge < -0.3 is 14.8 Å². The van der Waals surface area contributed by atoms with E-state index in [0.29, 0.717) is 21.5 Å². The van der Waals surface area contributed by atoms with Crippen molar-refractivity contribution in [2.24, 2.45) is 0 Å². The lowest BCUT2D eigenvalue weighted by Gasteiger charge is -2.27. The monoisotopic (exact) mass is 358 g/mol. The Bertz CT molecular complexity index is 578. The van der Waals surface area contributed by atoms with Gasteiger partial charge in [0.2, 0.25) is 11.9 Å². The fourth-order valence-electron chi connectivity index (χ4n) is 2.44. The second-order valence-electron chi connectivity index (χ2n) is 4.67. The second kappa shape index (κ2) is 6.30. The molecular weight excluding hydrogens is 344 g/mol. The zero-order chi connectivity index (χ0) is 15.6. The third-order valence-corrected chi connectivity index (χ3v) is 4.04. The van der Waals surface area contributed by atoms with E-state index in [9.17, 15) is 14.9 Å². The van der Waals surface area contributed by atoms with Gasteiger partial charge in [-0.1, -0.05) is 0 Å². The van der Waals surface area contributed by atoms with E-state index >= 15 is 0 Å². The van der Waals surface area contributed by atoms with Crippen molar-refractivity contribution >= 4 is 21.8 Å². The number of piperidine rings is 1. The van der Waals surface area contributed by atoms with E-state index in [1.165, 1.54) is 14.2 Å². The van der Waals surface area contributed by atoms with E-state index in [2.05, 4.69) is 21.2 Å². The first kappa shape index (κ1) is 15.6. The molecule has 1 saturated heterocycles. The topological polar surface area (TPSA) is 90.7 Å². The minimum absolute atomic E-state index is 0.163. The van der Waals surface area contributed by atoms with E-state index < -0.39 is 12.1 Å². The molecule has 0 unspecified atom stereocenters. The Morgan fingerprint density at radius 1 is 1.38 bits per heavy atom. The molecule has 0 aromatic heterocycles. The first-order valence-corrected chi connectivity index (χ1v) is 7.11. The smallest absolute Gasteiger partial charge is 0.237 e. The lowest BCUT2D eigenvalue weighted by molar-refractivity contribution is -0.529. The van der Waals surface area contributed by atoms with Crippen LogP contribution in [-0.4, -0.2) is 31.1 Å². The molecule has 0 aliphatic carbocycles. The van der Waals surface area contributed by atoms with Crippen LogP contribution in [0.4, 0.5) is 0 Å². The largest absolute Gasteiger partial charge is 0.493 e. The molecule has 1 aromatic carbocycles. The van der Waals surface area contributed by atoms with Crippen molar-refractivity contribution in [2.75, 3.05) is 14.2 Å². The van der Waals surface area contributed by atoms with Crippen LogP contribution in [0, 0.1) is 10.1 Å². The Balaban J connectivity index is 2.45. The van der Waals surface area contributed by atoms with Crippen LogP contribution in [0.15, 0.2) is 16.6 Å². The van der Waals surface area contributed by atoms with E-state index in [0.717, 1.165) is 0 Å². The Morgan fingerprint density at radius 3 is 2.67 bits per heavy atom. The van der Waals surface area contributed by atoms with E-state index in [1.54, 1.807) is 12.1 Å². The highest BCUT2D eigenvalue weighted by Gasteiger charge is 2.38. The number of methoxy groups -OCH3 is 2. The van der Waals surface area contributed by atoms with Crippen molar-refractivity contribution in [1.82, 2.24) is 5.32 Å². The van der Waals surface area contributed by atoms with Gasteiger partial charge in [0.15, 0.2) is 11.5 Å². The van der Waals surface area contributed by atoms with Crippen molar-refractivity contribution in [3.05, 3.63) is 32.3 Å². The van der Waals surface area contributed by atoms with Crippen molar-refractivity contribution in [1.29, 1.82) is 0 Å². The van der Waals surface area contributed by atoms with Crippen LogP contribution in [0.3, 0.4) is 0 Å². The van der Waals surface area contributed by atoms with Gasteiger partial charge >= 0.3 is 0 Å². The van der Waals surface area contributed by atoms with Crippen molar-refractivity contribution < 1.29 is 19.2 Å². The number of rotatable bonds is 4. The standard InChI is InChI=1S/C13H15BrN2O5/c1-20-10-6-7(5-8(14)13(10)21-2)12-9(16(18)19)3-4-11(17)15-12/h5-6,9,12H,3-4H2,1-2H3,(H,15,17)/t9-,12-/m1/s1. The minimum atomic E-state index is -0.854. The molecule has 0 bridgehead atoms. The highest BCUT2D eigenvalue weighted by atomic mass is 79.9. The molecular formula is C13H15BrN2O5. The van der Waals surface area contributed by atoms with Gasteiger partial charge in [-0.15, -0.1) is 0 Å². The summed E-state index contributed by atoms with van der Waals surface area (Å²) in [7, 11) is 2.99. The third-order valence-electron chi connectivity index (χ3n) is 3.45. The van der Waals surface area contributed by atoms with E-state index in [4.69, 9.17) is 9.47 Å². The predicted octanol–water partition coefficient (Wildman–Crippen LogP) is 2.06. The van der Waals surface area contributed by atoms with Gasteiger partial charge in [-0.05, 0) is 33.6 Å². The quantitative estimate of drug-likeness (QED) is 0.657. The number of nitrogens with zero attached hydrogens (tertiary/aromatic N) is 1. The van der Waals surface area contributed by atoms with Crippen LogP contribution >= 0.6 is 15.9 Å². The molecule has 1 aromatic rings. The summed E-state index contributed by atoms with van der Waals surface area (Å²) in [5.41, 5.74) is 0.606. The van der Waals surface area contributed by atoms with Crippen molar-refractivity contribution in [2.45, 2.75) is 24.9 Å². The Hall–Kier alpha value is -1.83. The molecule has 0 radical (unpaired) electrons. The molecule has 2 atom stereocenters. The highest BCUT2D eigenvalue weighted by Crippen LogP contribution is 2.39. The molecule has 7 nitrogen and oxygen atoms in total. The summed E-state index contributed by atoms with van der Waals surface area (Å²) in [6.45, 7) is 0. The normalized spacial score (nSPS) is 21.6. The number of halogens is 1. The van der Waals surface area contributed by atoms with Crippen LogP contribution in [0.1, 0.15) is 24.4 Å². The molecule has 21 heavy (non-hydrogen) atoms. The molecule has 1 amide bonds. The van der Waals surface area contributed by atoms with Gasteiger partial charge in [-0.3, -0.25) is 14.9 Å². The molecule has 1 heterocycles. The van der Waals surface area contributed by atoms with E-state index in [-0.39, 0.29) is 23.7 Å². The second-order valence-corrected chi connectivity index (χ2v) is 5.53. The van der Waals surface area contributed by atoms with Crippen LogP contribution in [0.5, 0.6) is 11.5 Å². The number of ether oxygens (including phenoxy) is 2. The van der Waals surface area contributed by atoms with Crippen molar-refractivity contribution in [3.63, 3.8) is 0 Å². The van der Waals surface area contributed by atoms with Gasteiger partial charge in [-0.25, -0.2) is 0 Å². The molecule has 1 aliphatic rings. The summed E-state index contributed by atoms with van der Waals surface area (Å²) in [5, 5.41) is 13.9. The molecule has 2 rings (SSSR count). The number of carbonyl (C=O) groups excluding carboxylic acids is 1. The summed E-state index contributed by atoms with van der Waals surface area (Å²) in [6.07, 6.45) is 0.381. The minimum Gasteiger partial charge on any atom is -0.493 e. The number of carbonyl (C=O) groups is 1. The number of amides is 1. The number of hydrogen-bond acceptors (Lipinski definition) is 5. The van der Waals surface area contributed by atoms with Gasteiger partial charge in [0.25, 0.3) is 0 Å². The molecule has 8 heteroatoms. The number of nitrogens with one attached hydrogen (secondary N) is 1. The zero-order valence-corrected chi connectivity index (χ0v) is 13.2. The average Bonchev–Trinajstić information content (AvgIpc) is 2.45. The first-order valence-electron chi connectivity index (χ1n) is 6.32. The maximum atomic E-state index is 11.6. The molecule has 114 valence electrons. The Labute approximate surface area is 129 Å². The van der Waals surface area contributed by atoms with Gasteiger partial charge in [0.05, 0.1) is 18.7 Å². The number of hydrogen-bond donors (Lipinski definition) is 1. The number of nitro groups is 1.